The van der Waals surface area contributed by atoms with E-state index in [1.165, 1.54) is 11.3 Å². The third-order valence-corrected chi connectivity index (χ3v) is 4.20. The normalized spacial score (nSPS) is 14.4. The van der Waals surface area contributed by atoms with E-state index in [4.69, 9.17) is 4.42 Å². The van der Waals surface area contributed by atoms with Gasteiger partial charge in [-0.25, -0.2) is 4.98 Å². The number of para-hydroxylation sites is 1. The minimum absolute atomic E-state index is 0.361. The first-order valence-electron chi connectivity index (χ1n) is 5.97. The summed E-state index contributed by atoms with van der Waals surface area (Å²) in [4.78, 5) is 4.52. The van der Waals surface area contributed by atoms with Crippen LogP contribution in [0.3, 0.4) is 0 Å². The molecule has 0 fully saturated rings. The molecule has 2 heterocycles. The fourth-order valence-corrected chi connectivity index (χ4v) is 3.14. The summed E-state index contributed by atoms with van der Waals surface area (Å²) < 4.78 is 6.42. The summed E-state index contributed by atoms with van der Waals surface area (Å²) in [6.45, 7) is 3.71. The molecule has 0 saturated heterocycles. The van der Waals surface area contributed by atoms with Gasteiger partial charge < -0.3 is 9.52 Å². The number of hydrogen-bond acceptors (Lipinski definition) is 4. The van der Waals surface area contributed by atoms with Crippen LogP contribution in [-0.2, 0) is 5.60 Å². The van der Waals surface area contributed by atoms with Crippen molar-refractivity contribution in [2.45, 2.75) is 12.0 Å². The zero-order valence-electron chi connectivity index (χ0n) is 10.2. The van der Waals surface area contributed by atoms with Crippen LogP contribution in [0.1, 0.15) is 17.2 Å². The van der Waals surface area contributed by atoms with E-state index in [1.807, 2.05) is 24.3 Å². The summed E-state index contributed by atoms with van der Waals surface area (Å²) in [5.74, 6) is 0.492. The van der Waals surface area contributed by atoms with Gasteiger partial charge in [-0.05, 0) is 24.3 Å². The molecule has 3 rings (SSSR count). The highest BCUT2D eigenvalue weighted by molar-refractivity contribution is 7.18. The second kappa shape index (κ2) is 4.64. The van der Waals surface area contributed by atoms with E-state index in [9.17, 15) is 5.11 Å². The monoisotopic (exact) mass is 271 g/mol. The zero-order chi connectivity index (χ0) is 13.3. The molecular weight excluding hydrogens is 258 g/mol. The highest BCUT2D eigenvalue weighted by Gasteiger charge is 2.36. The molecule has 1 unspecified atom stereocenters. The number of furan rings is 1. The predicted molar refractivity (Wildman–Crippen MR) is 76.1 cm³/mol. The molecule has 0 radical (unpaired) electrons. The second-order valence-corrected chi connectivity index (χ2v) is 5.35. The lowest BCUT2D eigenvalue weighted by atomic mass is 9.97. The van der Waals surface area contributed by atoms with Crippen LogP contribution < -0.4 is 0 Å². The van der Waals surface area contributed by atoms with Crippen LogP contribution in [-0.4, -0.2) is 10.1 Å². The van der Waals surface area contributed by atoms with Crippen molar-refractivity contribution in [3.63, 3.8) is 0 Å². The van der Waals surface area contributed by atoms with Crippen molar-refractivity contribution in [1.29, 1.82) is 0 Å². The molecule has 1 N–H and O–H groups in total. The van der Waals surface area contributed by atoms with E-state index >= 15 is 0 Å². The van der Waals surface area contributed by atoms with Crippen LogP contribution in [0.5, 0.6) is 0 Å². The maximum atomic E-state index is 10.9. The van der Waals surface area contributed by atoms with Gasteiger partial charge in [0.05, 0.1) is 16.5 Å². The summed E-state index contributed by atoms with van der Waals surface area (Å²) >= 11 is 1.47. The van der Waals surface area contributed by atoms with Gasteiger partial charge in [-0.15, -0.1) is 17.9 Å². The summed E-state index contributed by atoms with van der Waals surface area (Å²) in [5, 5.41) is 11.6. The number of nitrogens with zero attached hydrogens (tertiary/aromatic N) is 1. The molecule has 1 atom stereocenters. The molecular formula is C15H13NO2S. The van der Waals surface area contributed by atoms with Gasteiger partial charge in [0.1, 0.15) is 10.8 Å². The molecule has 0 aliphatic carbocycles. The van der Waals surface area contributed by atoms with Gasteiger partial charge in [0.2, 0.25) is 0 Å². The number of aromatic nitrogens is 1. The molecule has 1 aromatic carbocycles. The Hall–Kier alpha value is -1.91. The van der Waals surface area contributed by atoms with Crippen molar-refractivity contribution < 1.29 is 9.52 Å². The van der Waals surface area contributed by atoms with Crippen LogP contribution in [0, 0.1) is 0 Å². The van der Waals surface area contributed by atoms with E-state index in [2.05, 4.69) is 11.6 Å². The van der Waals surface area contributed by atoms with E-state index in [0.29, 0.717) is 17.2 Å². The highest BCUT2D eigenvalue weighted by Crippen LogP contribution is 2.37. The minimum atomic E-state index is -1.24. The largest absolute Gasteiger partial charge is 0.466 e. The van der Waals surface area contributed by atoms with Gasteiger partial charge in [-0.3, -0.25) is 0 Å². The number of rotatable bonds is 4. The summed E-state index contributed by atoms with van der Waals surface area (Å²) in [5.41, 5.74) is -0.355. The molecule has 96 valence electrons. The van der Waals surface area contributed by atoms with Crippen molar-refractivity contribution in [3.8, 4) is 0 Å². The first-order chi connectivity index (χ1) is 9.24. The molecule has 2 aromatic heterocycles. The van der Waals surface area contributed by atoms with Crippen LogP contribution in [0.25, 0.3) is 10.2 Å². The van der Waals surface area contributed by atoms with Gasteiger partial charge in [-0.2, -0.15) is 0 Å². The van der Waals surface area contributed by atoms with Crippen LogP contribution in [0.15, 0.2) is 59.7 Å². The standard InChI is InChI=1S/C15H13NO2S/c1-2-9-15(17,13-8-5-10-18-13)14-16-11-6-3-4-7-12(11)19-14/h2-8,10,17H,1,9H2. The third-order valence-electron chi connectivity index (χ3n) is 3.02. The van der Waals surface area contributed by atoms with E-state index in [0.717, 1.165) is 10.2 Å². The Morgan fingerprint density at radius 1 is 1.32 bits per heavy atom. The zero-order valence-corrected chi connectivity index (χ0v) is 11.1. The molecule has 3 nitrogen and oxygen atoms in total. The number of benzene rings is 1. The quantitative estimate of drug-likeness (QED) is 0.736. The van der Waals surface area contributed by atoms with E-state index < -0.39 is 5.60 Å². The van der Waals surface area contributed by atoms with Crippen molar-refractivity contribution in [2.75, 3.05) is 0 Å². The molecule has 4 heteroatoms. The smallest absolute Gasteiger partial charge is 0.177 e. The Kier molecular flexibility index (Phi) is 2.97. The Labute approximate surface area is 114 Å². The van der Waals surface area contributed by atoms with Gasteiger partial charge in [0.15, 0.2) is 5.60 Å². The van der Waals surface area contributed by atoms with Crippen LogP contribution >= 0.6 is 11.3 Å². The van der Waals surface area contributed by atoms with Crippen molar-refractivity contribution in [3.05, 3.63) is 66.1 Å². The Balaban J connectivity index is 2.16. The average molecular weight is 271 g/mol. The van der Waals surface area contributed by atoms with Crippen LogP contribution in [0.4, 0.5) is 0 Å². The molecule has 0 spiro atoms. The van der Waals surface area contributed by atoms with Gasteiger partial charge in [-0.1, -0.05) is 18.2 Å². The van der Waals surface area contributed by atoms with Gasteiger partial charge >= 0.3 is 0 Å². The lowest BCUT2D eigenvalue weighted by Gasteiger charge is -2.21. The van der Waals surface area contributed by atoms with E-state index in [-0.39, 0.29) is 0 Å². The Bertz CT molecular complexity index is 669. The summed E-state index contributed by atoms with van der Waals surface area (Å²) in [6, 6.07) is 11.3. The predicted octanol–water partition coefficient (Wildman–Crippen LogP) is 3.70. The fraction of sp³-hybridized carbons (Fsp3) is 0.133. The molecule has 3 aromatic rings. The van der Waals surface area contributed by atoms with Gasteiger partial charge in [0.25, 0.3) is 0 Å². The lowest BCUT2D eigenvalue weighted by Crippen LogP contribution is -2.25. The number of fused-ring (bicyclic) bond motifs is 1. The topological polar surface area (TPSA) is 46.3 Å². The maximum Gasteiger partial charge on any atom is 0.177 e. The Morgan fingerprint density at radius 3 is 2.84 bits per heavy atom. The summed E-state index contributed by atoms with van der Waals surface area (Å²) in [7, 11) is 0. The molecule has 0 aliphatic heterocycles. The molecule has 0 bridgehead atoms. The molecule has 0 aliphatic rings. The summed E-state index contributed by atoms with van der Waals surface area (Å²) in [6.07, 6.45) is 3.59. The SMILES string of the molecule is C=CCC(O)(c1ccco1)c1nc2ccccc2s1. The number of hydrogen-bond donors (Lipinski definition) is 1. The first kappa shape index (κ1) is 12.1. The lowest BCUT2D eigenvalue weighted by molar-refractivity contribution is 0.0598. The van der Waals surface area contributed by atoms with E-state index in [1.54, 1.807) is 24.5 Å². The number of thiazole rings is 1. The fourth-order valence-electron chi connectivity index (χ4n) is 2.07. The van der Waals surface area contributed by atoms with Crippen molar-refractivity contribution >= 4 is 21.6 Å². The molecule has 0 saturated carbocycles. The first-order valence-corrected chi connectivity index (χ1v) is 6.79. The van der Waals surface area contributed by atoms with Gasteiger partial charge in [0, 0.05) is 6.42 Å². The third kappa shape index (κ3) is 1.99. The highest BCUT2D eigenvalue weighted by atomic mass is 32.1. The molecule has 0 amide bonds. The average Bonchev–Trinajstić information content (AvgIpc) is 3.08. The minimum Gasteiger partial charge on any atom is -0.466 e. The van der Waals surface area contributed by atoms with Crippen LogP contribution in [0.2, 0.25) is 0 Å². The maximum absolute atomic E-state index is 10.9. The second-order valence-electron chi connectivity index (χ2n) is 4.32. The van der Waals surface area contributed by atoms with Crippen molar-refractivity contribution in [2.24, 2.45) is 0 Å². The number of aliphatic hydroxyl groups is 1. The Morgan fingerprint density at radius 2 is 2.16 bits per heavy atom. The molecule has 19 heavy (non-hydrogen) atoms. The van der Waals surface area contributed by atoms with Crippen molar-refractivity contribution in [1.82, 2.24) is 4.98 Å².